The summed E-state index contributed by atoms with van der Waals surface area (Å²) in [7, 11) is 0. The number of hydrogen-bond donors (Lipinski definition) is 3. The number of hydrogen-bond acceptors (Lipinski definition) is 5. The summed E-state index contributed by atoms with van der Waals surface area (Å²) in [5.41, 5.74) is 2.80. The van der Waals surface area contributed by atoms with Crippen LogP contribution < -0.4 is 16.0 Å². The first-order valence-corrected chi connectivity index (χ1v) is 10.7. The van der Waals surface area contributed by atoms with Crippen molar-refractivity contribution in [2.45, 2.75) is 64.2 Å². The van der Waals surface area contributed by atoms with Gasteiger partial charge in [0.1, 0.15) is 6.04 Å². The molecule has 0 saturated carbocycles. The van der Waals surface area contributed by atoms with Crippen molar-refractivity contribution in [3.05, 3.63) is 34.9 Å². The molecular weight excluding hydrogens is 368 g/mol. The minimum atomic E-state index is -0.563. The van der Waals surface area contributed by atoms with Crippen LogP contribution in [-0.2, 0) is 22.7 Å². The Kier molecular flexibility index (Phi) is 5.96. The largest absolute Gasteiger partial charge is 0.322 e. The van der Waals surface area contributed by atoms with Gasteiger partial charge in [-0.3, -0.25) is 19.7 Å². The highest BCUT2D eigenvalue weighted by molar-refractivity contribution is 6.05. The monoisotopic (exact) mass is 398 g/mol. The Hall–Kier alpha value is -2.25. The molecule has 2 fully saturated rings. The van der Waals surface area contributed by atoms with Crippen molar-refractivity contribution in [1.82, 2.24) is 20.9 Å². The number of benzene rings is 1. The lowest BCUT2D eigenvalue weighted by Gasteiger charge is -2.29. The van der Waals surface area contributed by atoms with Crippen LogP contribution in [0.25, 0.3) is 0 Å². The van der Waals surface area contributed by atoms with Gasteiger partial charge in [-0.05, 0) is 68.8 Å². The lowest BCUT2D eigenvalue weighted by atomic mass is 9.91. The number of carbonyl (C=O) groups is 3. The maximum Gasteiger partial charge on any atom is 0.255 e. The molecule has 4 rings (SSSR count). The second kappa shape index (κ2) is 8.63. The molecule has 3 aliphatic heterocycles. The molecule has 7 heteroatoms. The number of nitrogens with one attached hydrogen (secondary N) is 3. The van der Waals surface area contributed by atoms with Crippen LogP contribution in [0.4, 0.5) is 0 Å². The van der Waals surface area contributed by atoms with Crippen molar-refractivity contribution in [1.29, 1.82) is 0 Å². The van der Waals surface area contributed by atoms with Gasteiger partial charge in [0.05, 0.1) is 0 Å². The Morgan fingerprint density at radius 3 is 2.72 bits per heavy atom. The molecule has 2 unspecified atom stereocenters. The minimum Gasteiger partial charge on any atom is -0.322 e. The zero-order chi connectivity index (χ0) is 20.4. The summed E-state index contributed by atoms with van der Waals surface area (Å²) in [4.78, 5) is 38.2. The molecule has 3 heterocycles. The molecule has 0 bridgehead atoms. The van der Waals surface area contributed by atoms with Gasteiger partial charge in [0, 0.05) is 31.1 Å². The molecule has 0 aliphatic carbocycles. The van der Waals surface area contributed by atoms with Gasteiger partial charge in [0.15, 0.2) is 0 Å². The molecule has 0 spiro atoms. The van der Waals surface area contributed by atoms with Crippen LogP contribution in [0, 0.1) is 5.92 Å². The topological polar surface area (TPSA) is 90.5 Å². The summed E-state index contributed by atoms with van der Waals surface area (Å²) in [6, 6.07) is 5.67. The summed E-state index contributed by atoms with van der Waals surface area (Å²) in [5, 5.41) is 9.39. The molecule has 7 nitrogen and oxygen atoms in total. The lowest BCUT2D eigenvalue weighted by molar-refractivity contribution is -0.136. The first-order chi connectivity index (χ1) is 14.0. The Morgan fingerprint density at radius 1 is 1.17 bits per heavy atom. The van der Waals surface area contributed by atoms with Crippen molar-refractivity contribution in [2.75, 3.05) is 13.1 Å². The average Bonchev–Trinajstić information content (AvgIpc) is 3.04. The van der Waals surface area contributed by atoms with Crippen LogP contribution in [0.1, 0.15) is 60.5 Å². The molecule has 0 radical (unpaired) electrons. The third-order valence-corrected chi connectivity index (χ3v) is 6.47. The average molecular weight is 399 g/mol. The molecule has 3 amide bonds. The fourth-order valence-corrected chi connectivity index (χ4v) is 4.80. The zero-order valence-corrected chi connectivity index (χ0v) is 17.0. The first kappa shape index (κ1) is 20.0. The number of rotatable bonds is 6. The first-order valence-electron chi connectivity index (χ1n) is 10.7. The lowest BCUT2D eigenvalue weighted by Crippen LogP contribution is -2.52. The SMILES string of the molecule is CC(CC1CCNCC1)NCc1cccc2c1CN(C1CCC(=O)NC1=O)C2=O. The number of piperidine rings is 2. The van der Waals surface area contributed by atoms with E-state index in [1.165, 1.54) is 12.8 Å². The van der Waals surface area contributed by atoms with Crippen LogP contribution in [0.2, 0.25) is 0 Å². The van der Waals surface area contributed by atoms with E-state index in [0.717, 1.165) is 36.6 Å². The quantitative estimate of drug-likeness (QED) is 0.629. The van der Waals surface area contributed by atoms with E-state index in [4.69, 9.17) is 0 Å². The van der Waals surface area contributed by atoms with E-state index in [-0.39, 0.29) is 24.1 Å². The standard InChI is InChI=1S/C22H30N4O3/c1-14(11-15-7-9-23-10-8-15)24-12-16-3-2-4-17-18(16)13-26(22(17)29)19-5-6-20(27)25-21(19)28/h2-4,14-15,19,23-24H,5-13H2,1H3,(H,25,27,28). The molecular formula is C22H30N4O3. The van der Waals surface area contributed by atoms with Crippen LogP contribution in [0.15, 0.2) is 18.2 Å². The number of nitrogens with zero attached hydrogens (tertiary/aromatic N) is 1. The van der Waals surface area contributed by atoms with Crippen LogP contribution in [0.5, 0.6) is 0 Å². The predicted octanol–water partition coefficient (Wildman–Crippen LogP) is 1.32. The zero-order valence-electron chi connectivity index (χ0n) is 17.0. The Morgan fingerprint density at radius 2 is 1.97 bits per heavy atom. The number of imide groups is 1. The van der Waals surface area contributed by atoms with Crippen LogP contribution >= 0.6 is 0 Å². The molecule has 2 atom stereocenters. The molecule has 0 aromatic heterocycles. The second-order valence-corrected chi connectivity index (χ2v) is 8.55. The van der Waals surface area contributed by atoms with E-state index in [2.05, 4.69) is 28.9 Å². The summed E-state index contributed by atoms with van der Waals surface area (Å²) < 4.78 is 0. The molecule has 1 aromatic rings. The number of fused-ring (bicyclic) bond motifs is 1. The molecule has 2 saturated heterocycles. The highest BCUT2D eigenvalue weighted by atomic mass is 16.2. The highest BCUT2D eigenvalue weighted by Gasteiger charge is 2.39. The summed E-state index contributed by atoms with van der Waals surface area (Å²) in [6.07, 6.45) is 4.31. The summed E-state index contributed by atoms with van der Waals surface area (Å²) >= 11 is 0. The van der Waals surface area contributed by atoms with E-state index in [9.17, 15) is 14.4 Å². The van der Waals surface area contributed by atoms with Crippen molar-refractivity contribution >= 4 is 17.7 Å². The van der Waals surface area contributed by atoms with Crippen molar-refractivity contribution in [3.63, 3.8) is 0 Å². The van der Waals surface area contributed by atoms with Crippen LogP contribution in [0.3, 0.4) is 0 Å². The summed E-state index contributed by atoms with van der Waals surface area (Å²) in [5.74, 6) is 0.0321. The van der Waals surface area contributed by atoms with Crippen molar-refractivity contribution in [3.8, 4) is 0 Å². The van der Waals surface area contributed by atoms with Gasteiger partial charge in [-0.2, -0.15) is 0 Å². The normalized spacial score (nSPS) is 23.8. The molecule has 156 valence electrons. The molecule has 3 aliphatic rings. The van der Waals surface area contributed by atoms with Gasteiger partial charge >= 0.3 is 0 Å². The minimum absolute atomic E-state index is 0.112. The Bertz CT molecular complexity index is 803. The van der Waals surface area contributed by atoms with Crippen molar-refractivity contribution in [2.24, 2.45) is 5.92 Å². The maximum absolute atomic E-state index is 12.9. The van der Waals surface area contributed by atoms with E-state index < -0.39 is 6.04 Å². The van der Waals surface area contributed by atoms with Gasteiger partial charge in [-0.15, -0.1) is 0 Å². The maximum atomic E-state index is 12.9. The molecule has 29 heavy (non-hydrogen) atoms. The predicted molar refractivity (Wildman–Crippen MR) is 109 cm³/mol. The Labute approximate surface area is 171 Å². The van der Waals surface area contributed by atoms with Gasteiger partial charge in [0.2, 0.25) is 11.8 Å². The third kappa shape index (κ3) is 4.36. The smallest absolute Gasteiger partial charge is 0.255 e. The number of carbonyl (C=O) groups excluding carboxylic acids is 3. The molecule has 1 aromatic carbocycles. The van der Waals surface area contributed by atoms with Gasteiger partial charge in [-0.25, -0.2) is 0 Å². The van der Waals surface area contributed by atoms with Gasteiger partial charge in [-0.1, -0.05) is 12.1 Å². The number of amides is 3. The van der Waals surface area contributed by atoms with Crippen molar-refractivity contribution < 1.29 is 14.4 Å². The fraction of sp³-hybridized carbons (Fsp3) is 0.591. The second-order valence-electron chi connectivity index (χ2n) is 8.55. The summed E-state index contributed by atoms with van der Waals surface area (Å²) in [6.45, 7) is 5.60. The van der Waals surface area contributed by atoms with E-state index in [1.54, 1.807) is 4.90 Å². The molecule has 3 N–H and O–H groups in total. The van der Waals surface area contributed by atoms with E-state index >= 15 is 0 Å². The van der Waals surface area contributed by atoms with E-state index in [1.807, 2.05) is 12.1 Å². The Balaban J connectivity index is 1.40. The fourth-order valence-electron chi connectivity index (χ4n) is 4.80. The van der Waals surface area contributed by atoms with E-state index in [0.29, 0.717) is 31.1 Å². The van der Waals surface area contributed by atoms with Gasteiger partial charge < -0.3 is 15.5 Å². The highest BCUT2D eigenvalue weighted by Crippen LogP contribution is 2.30. The van der Waals surface area contributed by atoms with Gasteiger partial charge in [0.25, 0.3) is 5.91 Å². The van der Waals surface area contributed by atoms with Crippen LogP contribution in [-0.4, -0.2) is 47.8 Å². The third-order valence-electron chi connectivity index (χ3n) is 6.47.